The van der Waals surface area contributed by atoms with Gasteiger partial charge in [-0.2, -0.15) is 0 Å². The van der Waals surface area contributed by atoms with Crippen molar-refractivity contribution >= 4 is 22.8 Å². The largest absolute Gasteiger partial charge is 0.277 e. The molecule has 26 heavy (non-hydrogen) atoms. The number of hydrazine groups is 1. The first-order valence-corrected chi connectivity index (χ1v) is 8.77. The zero-order valence-corrected chi connectivity index (χ0v) is 14.5. The number of nitrogens with zero attached hydrogens (tertiary/aromatic N) is 2. The predicted molar refractivity (Wildman–Crippen MR) is 101 cm³/mol. The maximum Gasteiger partial charge on any atom is 0.262 e. The van der Waals surface area contributed by atoms with Crippen LogP contribution in [0.2, 0.25) is 0 Å². The van der Waals surface area contributed by atoms with E-state index in [0.29, 0.717) is 23.4 Å². The average Bonchev–Trinajstić information content (AvgIpc) is 3.49. The molecule has 2 N–H and O–H groups in total. The van der Waals surface area contributed by atoms with Crippen molar-refractivity contribution in [2.24, 2.45) is 0 Å². The van der Waals surface area contributed by atoms with Gasteiger partial charge < -0.3 is 0 Å². The Hall–Kier alpha value is -3.15. The van der Waals surface area contributed by atoms with Crippen LogP contribution in [0.3, 0.4) is 0 Å². The minimum Gasteiger partial charge on any atom is -0.277 e. The molecule has 4 rings (SSSR count). The Morgan fingerprint density at radius 2 is 1.81 bits per heavy atom. The molecule has 0 saturated heterocycles. The van der Waals surface area contributed by atoms with E-state index in [-0.39, 0.29) is 11.5 Å². The van der Waals surface area contributed by atoms with Gasteiger partial charge in [-0.05, 0) is 37.5 Å². The van der Waals surface area contributed by atoms with E-state index in [2.05, 4.69) is 15.8 Å². The number of carbonyl (C=O) groups is 1. The first kappa shape index (κ1) is 16.3. The van der Waals surface area contributed by atoms with Crippen LogP contribution in [0.5, 0.6) is 0 Å². The Labute approximate surface area is 150 Å². The van der Waals surface area contributed by atoms with E-state index in [9.17, 15) is 9.59 Å². The predicted octanol–water partition coefficient (Wildman–Crippen LogP) is 2.59. The fraction of sp³-hybridized carbons (Fsp3) is 0.250. The molecule has 1 amide bonds. The van der Waals surface area contributed by atoms with E-state index < -0.39 is 5.41 Å². The molecule has 3 aromatic rings. The number of carbonyl (C=O) groups excluding carboxylic acids is 1. The second-order valence-corrected chi connectivity index (χ2v) is 6.53. The fourth-order valence-corrected chi connectivity index (χ4v) is 3.32. The highest BCUT2D eigenvalue weighted by Crippen LogP contribution is 2.48. The Balaban J connectivity index is 1.60. The molecular weight excluding hydrogens is 328 g/mol. The van der Waals surface area contributed by atoms with Gasteiger partial charge in [0.15, 0.2) is 0 Å². The summed E-state index contributed by atoms with van der Waals surface area (Å²) in [5.74, 6) is 0.238. The third kappa shape index (κ3) is 2.63. The van der Waals surface area contributed by atoms with Crippen molar-refractivity contribution < 1.29 is 4.79 Å². The minimum atomic E-state index is -0.484. The van der Waals surface area contributed by atoms with Crippen molar-refractivity contribution in [3.63, 3.8) is 0 Å². The number of anilines is 1. The maximum atomic E-state index is 12.8. The van der Waals surface area contributed by atoms with Crippen LogP contribution in [0.15, 0.2) is 59.4 Å². The van der Waals surface area contributed by atoms with Gasteiger partial charge in [-0.25, -0.2) is 4.98 Å². The molecule has 1 heterocycles. The van der Waals surface area contributed by atoms with Crippen molar-refractivity contribution in [2.45, 2.75) is 31.7 Å². The summed E-state index contributed by atoms with van der Waals surface area (Å²) >= 11 is 0. The molecule has 2 aromatic carbocycles. The molecule has 0 bridgehead atoms. The molecule has 1 saturated carbocycles. The molecule has 0 radical (unpaired) electrons. The van der Waals surface area contributed by atoms with E-state index in [1.165, 1.54) is 4.57 Å². The molecule has 0 aliphatic heterocycles. The van der Waals surface area contributed by atoms with Crippen molar-refractivity contribution in [3.05, 3.63) is 70.5 Å². The van der Waals surface area contributed by atoms with Gasteiger partial charge in [0.25, 0.3) is 5.56 Å². The molecule has 132 valence electrons. The molecule has 0 atom stereocenters. The number of hydrogen-bond acceptors (Lipinski definition) is 4. The SMILES string of the molecule is CCn1c(NNC(=O)C2(c3ccccc3)CC2)nc2ccccc2c1=O. The molecule has 0 unspecified atom stereocenters. The summed E-state index contributed by atoms with van der Waals surface area (Å²) in [6.07, 6.45) is 1.63. The van der Waals surface area contributed by atoms with Crippen molar-refractivity contribution in [1.82, 2.24) is 15.0 Å². The molecule has 1 fully saturated rings. The van der Waals surface area contributed by atoms with Crippen molar-refractivity contribution in [1.29, 1.82) is 0 Å². The van der Waals surface area contributed by atoms with Crippen LogP contribution in [0.1, 0.15) is 25.3 Å². The third-order valence-corrected chi connectivity index (χ3v) is 4.98. The first-order chi connectivity index (χ1) is 12.7. The van der Waals surface area contributed by atoms with Crippen LogP contribution in [0.4, 0.5) is 5.95 Å². The minimum absolute atomic E-state index is 0.103. The average molecular weight is 348 g/mol. The summed E-state index contributed by atoms with van der Waals surface area (Å²) in [5, 5.41) is 0.564. The first-order valence-electron chi connectivity index (χ1n) is 8.77. The summed E-state index contributed by atoms with van der Waals surface area (Å²) in [4.78, 5) is 29.9. The number of fused-ring (bicyclic) bond motifs is 1. The quantitative estimate of drug-likeness (QED) is 0.695. The van der Waals surface area contributed by atoms with Gasteiger partial charge in [0.2, 0.25) is 11.9 Å². The van der Waals surface area contributed by atoms with Crippen LogP contribution in [0.25, 0.3) is 10.9 Å². The van der Waals surface area contributed by atoms with Gasteiger partial charge in [0.05, 0.1) is 16.3 Å². The van der Waals surface area contributed by atoms with Gasteiger partial charge >= 0.3 is 0 Å². The molecule has 6 heteroatoms. The Morgan fingerprint density at radius 1 is 1.12 bits per heavy atom. The zero-order chi connectivity index (χ0) is 18.1. The Bertz CT molecular complexity index is 1020. The van der Waals surface area contributed by atoms with Crippen molar-refractivity contribution in [3.8, 4) is 0 Å². The van der Waals surface area contributed by atoms with E-state index in [1.807, 2.05) is 49.4 Å². The van der Waals surface area contributed by atoms with Crippen LogP contribution in [-0.2, 0) is 16.8 Å². The molecule has 6 nitrogen and oxygen atoms in total. The highest BCUT2D eigenvalue weighted by atomic mass is 16.2. The van der Waals surface area contributed by atoms with Gasteiger partial charge in [-0.15, -0.1) is 0 Å². The lowest BCUT2D eigenvalue weighted by molar-refractivity contribution is -0.123. The highest BCUT2D eigenvalue weighted by Gasteiger charge is 2.51. The van der Waals surface area contributed by atoms with Crippen LogP contribution in [0, 0.1) is 0 Å². The van der Waals surface area contributed by atoms with E-state index in [0.717, 1.165) is 18.4 Å². The maximum absolute atomic E-state index is 12.8. The summed E-state index contributed by atoms with van der Waals surface area (Å²) in [6, 6.07) is 17.0. The second kappa shape index (κ2) is 6.29. The third-order valence-electron chi connectivity index (χ3n) is 4.98. The standard InChI is InChI=1S/C20H20N4O2/c1-2-24-17(25)15-10-6-7-11-16(15)21-19(24)23-22-18(26)20(12-13-20)14-8-4-3-5-9-14/h3-11H,2,12-13H2,1H3,(H,21,23)(H,22,26). The summed E-state index contributed by atoms with van der Waals surface area (Å²) < 4.78 is 1.52. The van der Waals surface area contributed by atoms with E-state index in [4.69, 9.17) is 0 Å². The highest BCUT2D eigenvalue weighted by molar-refractivity contribution is 5.92. The van der Waals surface area contributed by atoms with Gasteiger partial charge in [0, 0.05) is 6.54 Å². The second-order valence-electron chi connectivity index (χ2n) is 6.53. The monoisotopic (exact) mass is 348 g/mol. The van der Waals surface area contributed by atoms with Gasteiger partial charge in [-0.3, -0.25) is 25.0 Å². The Morgan fingerprint density at radius 3 is 2.50 bits per heavy atom. The molecule has 1 aliphatic carbocycles. The lowest BCUT2D eigenvalue weighted by atomic mass is 9.95. The molecule has 0 spiro atoms. The number of hydrogen-bond donors (Lipinski definition) is 2. The smallest absolute Gasteiger partial charge is 0.262 e. The number of nitrogens with one attached hydrogen (secondary N) is 2. The number of benzene rings is 2. The normalized spacial score (nSPS) is 14.8. The summed E-state index contributed by atoms with van der Waals surface area (Å²) in [7, 11) is 0. The molecule has 1 aromatic heterocycles. The summed E-state index contributed by atoms with van der Waals surface area (Å²) in [5.41, 5.74) is 6.62. The van der Waals surface area contributed by atoms with Crippen molar-refractivity contribution in [2.75, 3.05) is 5.43 Å². The number of amides is 1. The van der Waals surface area contributed by atoms with Crippen LogP contribution >= 0.6 is 0 Å². The number of aromatic nitrogens is 2. The zero-order valence-electron chi connectivity index (χ0n) is 14.5. The van der Waals surface area contributed by atoms with E-state index in [1.54, 1.807) is 12.1 Å². The Kier molecular flexibility index (Phi) is 3.95. The topological polar surface area (TPSA) is 76.0 Å². The van der Waals surface area contributed by atoms with Crippen LogP contribution < -0.4 is 16.4 Å². The molecule has 1 aliphatic rings. The van der Waals surface area contributed by atoms with E-state index >= 15 is 0 Å². The lowest BCUT2D eigenvalue weighted by Gasteiger charge is -2.18. The van der Waals surface area contributed by atoms with Gasteiger partial charge in [0.1, 0.15) is 0 Å². The van der Waals surface area contributed by atoms with Gasteiger partial charge in [-0.1, -0.05) is 42.5 Å². The molecular formula is C20H20N4O2. The number of para-hydroxylation sites is 1. The fourth-order valence-electron chi connectivity index (χ4n) is 3.32. The lowest BCUT2D eigenvalue weighted by Crippen LogP contribution is -2.40. The number of rotatable bonds is 5. The van der Waals surface area contributed by atoms with Crippen LogP contribution in [-0.4, -0.2) is 15.5 Å². The summed E-state index contributed by atoms with van der Waals surface area (Å²) in [6.45, 7) is 2.33.